The van der Waals surface area contributed by atoms with E-state index in [1.54, 1.807) is 18.2 Å². The van der Waals surface area contributed by atoms with Crippen molar-refractivity contribution in [1.29, 1.82) is 0 Å². The number of carboxylic acid groups (broad SMARTS) is 1. The predicted octanol–water partition coefficient (Wildman–Crippen LogP) is 3.91. The van der Waals surface area contributed by atoms with Crippen LogP contribution in [-0.4, -0.2) is 56.9 Å². The molecule has 7 nitrogen and oxygen atoms in total. The Morgan fingerprint density at radius 2 is 1.64 bits per heavy atom. The number of phenolic OH excluding ortho intramolecular Hbond substituents is 1. The summed E-state index contributed by atoms with van der Waals surface area (Å²) in [5, 5.41) is 29.0. The quantitative estimate of drug-likeness (QED) is 0.415. The highest BCUT2D eigenvalue weighted by molar-refractivity contribution is 5.80. The summed E-state index contributed by atoms with van der Waals surface area (Å²) < 4.78 is 5.09. The van der Waals surface area contributed by atoms with E-state index in [4.69, 9.17) is 9.84 Å². The Kier molecular flexibility index (Phi) is 9.88. The van der Waals surface area contributed by atoms with E-state index in [-0.39, 0.29) is 18.3 Å². The number of aliphatic hydroxyl groups is 1. The van der Waals surface area contributed by atoms with Gasteiger partial charge in [-0.25, -0.2) is 4.79 Å². The zero-order valence-electron chi connectivity index (χ0n) is 19.8. The van der Waals surface area contributed by atoms with Crippen molar-refractivity contribution in [2.45, 2.75) is 71.2 Å². The van der Waals surface area contributed by atoms with Gasteiger partial charge >= 0.3 is 11.9 Å². The molecule has 0 aliphatic heterocycles. The lowest BCUT2D eigenvalue weighted by Crippen LogP contribution is -2.38. The number of aromatic hydroxyl groups is 1. The van der Waals surface area contributed by atoms with E-state index in [0.717, 1.165) is 24.1 Å². The molecule has 2 atom stereocenters. The average Bonchev–Trinajstić information content (AvgIpc) is 2.75. The van der Waals surface area contributed by atoms with E-state index < -0.39 is 24.5 Å². The van der Waals surface area contributed by atoms with Crippen LogP contribution in [0.3, 0.4) is 0 Å². The Morgan fingerprint density at radius 1 is 1.00 bits per heavy atom. The Hall–Kier alpha value is -2.90. The molecular formula is C26H35NO6. The monoisotopic (exact) mass is 457 g/mol. The second kappa shape index (κ2) is 12.4. The number of phenols is 1. The Labute approximate surface area is 195 Å². The van der Waals surface area contributed by atoms with Crippen LogP contribution in [0.4, 0.5) is 0 Å². The molecule has 33 heavy (non-hydrogen) atoms. The van der Waals surface area contributed by atoms with Crippen LogP contribution in [0.1, 0.15) is 63.1 Å². The number of ether oxygens (including phenoxy) is 1. The summed E-state index contributed by atoms with van der Waals surface area (Å²) in [4.78, 5) is 25.0. The number of benzene rings is 2. The van der Waals surface area contributed by atoms with Gasteiger partial charge in [0.1, 0.15) is 12.4 Å². The standard InChI is InChI=1S/C26H35NO6/c1-17(2)27(18(3)4)13-12-21(20-8-6-5-7-9-20)22-14-19(10-11-23(22)28)16-33-26(32)24(29)15-25(30)31/h5-11,14,17-18,21,24,28-29H,12-13,15-16H2,1-4H3,(H,30,31). The number of carbonyl (C=O) groups is 2. The fourth-order valence-electron chi connectivity index (χ4n) is 4.05. The lowest BCUT2D eigenvalue weighted by atomic mass is 9.86. The third-order valence-electron chi connectivity index (χ3n) is 5.69. The van der Waals surface area contributed by atoms with Crippen LogP contribution in [-0.2, 0) is 20.9 Å². The van der Waals surface area contributed by atoms with Crippen LogP contribution in [0, 0.1) is 0 Å². The molecule has 180 valence electrons. The maximum atomic E-state index is 11.9. The largest absolute Gasteiger partial charge is 0.508 e. The van der Waals surface area contributed by atoms with Crippen molar-refractivity contribution in [2.24, 2.45) is 0 Å². The minimum Gasteiger partial charge on any atom is -0.508 e. The summed E-state index contributed by atoms with van der Waals surface area (Å²) in [6.07, 6.45) is -1.64. The molecule has 2 aromatic carbocycles. The van der Waals surface area contributed by atoms with Gasteiger partial charge in [0, 0.05) is 23.6 Å². The van der Waals surface area contributed by atoms with Gasteiger partial charge in [-0.05, 0) is 63.9 Å². The van der Waals surface area contributed by atoms with Gasteiger partial charge in [-0.15, -0.1) is 0 Å². The van der Waals surface area contributed by atoms with Crippen molar-refractivity contribution in [3.63, 3.8) is 0 Å². The molecule has 2 rings (SSSR count). The lowest BCUT2D eigenvalue weighted by molar-refractivity contribution is -0.159. The zero-order chi connectivity index (χ0) is 24.5. The van der Waals surface area contributed by atoms with E-state index in [1.165, 1.54) is 0 Å². The van der Waals surface area contributed by atoms with Crippen LogP contribution in [0.25, 0.3) is 0 Å². The highest BCUT2D eigenvalue weighted by atomic mass is 16.5. The maximum absolute atomic E-state index is 11.9. The first-order valence-electron chi connectivity index (χ1n) is 11.3. The number of nitrogens with zero attached hydrogens (tertiary/aromatic N) is 1. The molecule has 3 N–H and O–H groups in total. The number of hydrogen-bond donors (Lipinski definition) is 3. The lowest BCUT2D eigenvalue weighted by Gasteiger charge is -2.32. The van der Waals surface area contributed by atoms with E-state index in [9.17, 15) is 19.8 Å². The van der Waals surface area contributed by atoms with Gasteiger partial charge in [0.15, 0.2) is 6.10 Å². The molecule has 0 saturated carbocycles. The molecule has 0 saturated heterocycles. The molecule has 0 amide bonds. The molecule has 0 radical (unpaired) electrons. The summed E-state index contributed by atoms with van der Waals surface area (Å²) in [5.41, 5.74) is 2.45. The van der Waals surface area contributed by atoms with E-state index in [2.05, 4.69) is 32.6 Å². The number of aliphatic carboxylic acids is 1. The van der Waals surface area contributed by atoms with Gasteiger partial charge < -0.3 is 20.1 Å². The average molecular weight is 458 g/mol. The number of aliphatic hydroxyl groups excluding tert-OH is 1. The second-order valence-electron chi connectivity index (χ2n) is 8.79. The molecular weight excluding hydrogens is 422 g/mol. The number of carbonyl (C=O) groups excluding carboxylic acids is 1. The number of esters is 1. The molecule has 0 bridgehead atoms. The van der Waals surface area contributed by atoms with Crippen molar-refractivity contribution in [2.75, 3.05) is 6.54 Å². The fraction of sp³-hybridized carbons (Fsp3) is 0.462. The topological polar surface area (TPSA) is 107 Å². The first-order valence-corrected chi connectivity index (χ1v) is 11.3. The normalized spacial score (nSPS) is 13.3. The fourth-order valence-corrected chi connectivity index (χ4v) is 4.05. The molecule has 0 fully saturated rings. The molecule has 0 aliphatic rings. The molecule has 0 spiro atoms. The van der Waals surface area contributed by atoms with Crippen LogP contribution in [0.2, 0.25) is 0 Å². The summed E-state index contributed by atoms with van der Waals surface area (Å²) in [6, 6.07) is 15.8. The van der Waals surface area contributed by atoms with Crippen LogP contribution >= 0.6 is 0 Å². The molecule has 7 heteroatoms. The molecule has 0 aliphatic carbocycles. The molecule has 2 unspecified atom stereocenters. The van der Waals surface area contributed by atoms with Crippen molar-refractivity contribution >= 4 is 11.9 Å². The van der Waals surface area contributed by atoms with Crippen LogP contribution in [0.15, 0.2) is 48.5 Å². The summed E-state index contributed by atoms with van der Waals surface area (Å²) >= 11 is 0. The Balaban J connectivity index is 2.26. The van der Waals surface area contributed by atoms with Gasteiger partial charge in [-0.3, -0.25) is 9.69 Å². The highest BCUT2D eigenvalue weighted by Gasteiger charge is 2.23. The minimum atomic E-state index is -1.71. The molecule has 0 heterocycles. The van der Waals surface area contributed by atoms with E-state index in [1.807, 2.05) is 30.3 Å². The number of rotatable bonds is 12. The number of hydrogen-bond acceptors (Lipinski definition) is 6. The Morgan fingerprint density at radius 3 is 2.21 bits per heavy atom. The molecule has 0 aromatic heterocycles. The third-order valence-corrected chi connectivity index (χ3v) is 5.69. The van der Waals surface area contributed by atoms with Gasteiger partial charge in [-0.2, -0.15) is 0 Å². The van der Waals surface area contributed by atoms with Crippen LogP contribution < -0.4 is 0 Å². The summed E-state index contributed by atoms with van der Waals surface area (Å²) in [5.74, 6) is -2.19. The first kappa shape index (κ1) is 26.4. The van der Waals surface area contributed by atoms with Gasteiger partial charge in [0.25, 0.3) is 0 Å². The Bertz CT molecular complexity index is 904. The van der Waals surface area contributed by atoms with E-state index in [0.29, 0.717) is 17.6 Å². The third kappa shape index (κ3) is 7.87. The number of carboxylic acids is 1. The maximum Gasteiger partial charge on any atom is 0.335 e. The van der Waals surface area contributed by atoms with Crippen molar-refractivity contribution < 1.29 is 29.6 Å². The van der Waals surface area contributed by atoms with Gasteiger partial charge in [0.05, 0.1) is 6.42 Å². The minimum absolute atomic E-state index is 0.0700. The smallest absolute Gasteiger partial charge is 0.335 e. The van der Waals surface area contributed by atoms with Crippen LogP contribution in [0.5, 0.6) is 5.75 Å². The zero-order valence-corrected chi connectivity index (χ0v) is 19.8. The van der Waals surface area contributed by atoms with Crippen molar-refractivity contribution in [3.8, 4) is 5.75 Å². The summed E-state index contributed by atoms with van der Waals surface area (Å²) in [6.45, 7) is 9.39. The SMILES string of the molecule is CC(C)N(CCC(c1ccccc1)c1cc(COC(=O)C(O)CC(=O)O)ccc1O)C(C)C. The van der Waals surface area contributed by atoms with Gasteiger partial charge in [-0.1, -0.05) is 36.4 Å². The van der Waals surface area contributed by atoms with E-state index >= 15 is 0 Å². The summed E-state index contributed by atoms with van der Waals surface area (Å²) in [7, 11) is 0. The van der Waals surface area contributed by atoms with Gasteiger partial charge in [0.2, 0.25) is 0 Å². The predicted molar refractivity (Wildman–Crippen MR) is 126 cm³/mol. The first-order chi connectivity index (χ1) is 15.6. The second-order valence-corrected chi connectivity index (χ2v) is 8.79. The van der Waals surface area contributed by atoms with Crippen molar-refractivity contribution in [1.82, 2.24) is 4.90 Å². The van der Waals surface area contributed by atoms with Crippen molar-refractivity contribution in [3.05, 3.63) is 65.2 Å². The molecule has 2 aromatic rings. The highest BCUT2D eigenvalue weighted by Crippen LogP contribution is 2.35.